The zero-order valence-corrected chi connectivity index (χ0v) is 14.1. The van der Waals surface area contributed by atoms with Gasteiger partial charge in [0.2, 0.25) is 0 Å². The molecular weight excluding hydrogens is 334 g/mol. The van der Waals surface area contributed by atoms with Crippen LogP contribution in [0.2, 0.25) is 0 Å². The van der Waals surface area contributed by atoms with Crippen molar-refractivity contribution in [3.05, 3.63) is 20.8 Å². The molecule has 0 spiro atoms. The van der Waals surface area contributed by atoms with E-state index in [4.69, 9.17) is 5.73 Å². The lowest BCUT2D eigenvalue weighted by Crippen LogP contribution is -2.41. The average molecular weight is 352 g/mol. The van der Waals surface area contributed by atoms with E-state index in [1.54, 1.807) is 11.3 Å². The first-order valence-electron chi connectivity index (χ1n) is 5.82. The van der Waals surface area contributed by atoms with Crippen LogP contribution >= 0.6 is 50.8 Å². The van der Waals surface area contributed by atoms with E-state index in [2.05, 4.69) is 64.7 Å². The molecule has 4 atom stereocenters. The van der Waals surface area contributed by atoms with E-state index in [-0.39, 0.29) is 6.04 Å². The lowest BCUT2D eigenvalue weighted by Gasteiger charge is -2.34. The van der Waals surface area contributed by atoms with Gasteiger partial charge in [0.1, 0.15) is 0 Å². The second-order valence-electron chi connectivity index (χ2n) is 4.48. The van der Waals surface area contributed by atoms with Gasteiger partial charge in [-0.25, -0.2) is 0 Å². The summed E-state index contributed by atoms with van der Waals surface area (Å²) in [4.78, 5) is 1.38. The molecule has 0 aliphatic carbocycles. The van der Waals surface area contributed by atoms with Gasteiger partial charge in [-0.05, 0) is 33.8 Å². The van der Waals surface area contributed by atoms with Crippen LogP contribution in [0.5, 0.6) is 0 Å². The van der Waals surface area contributed by atoms with E-state index in [0.29, 0.717) is 5.25 Å². The molecule has 1 fully saturated rings. The van der Waals surface area contributed by atoms with Crippen molar-refractivity contribution >= 4 is 50.8 Å². The standard InChI is InChI=1S/C12H18BrNS3/c1-7-8(2)17-12(6-16-7)10(14)5-11-9(13)3-4-15-11/h3-4,7-8,10,12H,5-6,14H2,1-2H3. The summed E-state index contributed by atoms with van der Waals surface area (Å²) < 4.78 is 1.22. The van der Waals surface area contributed by atoms with Gasteiger partial charge in [-0.2, -0.15) is 23.5 Å². The Balaban J connectivity index is 1.92. The molecule has 1 saturated heterocycles. The molecule has 1 aromatic heterocycles. The second-order valence-corrected chi connectivity index (χ2v) is 9.36. The van der Waals surface area contributed by atoms with Crippen molar-refractivity contribution in [3.63, 3.8) is 0 Å². The summed E-state index contributed by atoms with van der Waals surface area (Å²) in [7, 11) is 0. The maximum Gasteiger partial charge on any atom is 0.0314 e. The molecule has 2 rings (SSSR count). The van der Waals surface area contributed by atoms with Crippen LogP contribution < -0.4 is 5.73 Å². The Morgan fingerprint density at radius 3 is 2.82 bits per heavy atom. The molecular formula is C12H18BrNS3. The van der Waals surface area contributed by atoms with Crippen molar-refractivity contribution in [1.82, 2.24) is 0 Å². The number of hydrogen-bond acceptors (Lipinski definition) is 4. The summed E-state index contributed by atoms with van der Waals surface area (Å²) in [6.07, 6.45) is 0.998. The Morgan fingerprint density at radius 2 is 2.24 bits per heavy atom. The van der Waals surface area contributed by atoms with Crippen molar-refractivity contribution in [1.29, 1.82) is 0 Å². The van der Waals surface area contributed by atoms with Gasteiger partial charge in [0.15, 0.2) is 0 Å². The van der Waals surface area contributed by atoms with E-state index in [1.165, 1.54) is 15.1 Å². The number of nitrogens with two attached hydrogens (primary N) is 1. The first kappa shape index (κ1) is 14.3. The molecule has 2 heterocycles. The highest BCUT2D eigenvalue weighted by Crippen LogP contribution is 2.37. The van der Waals surface area contributed by atoms with E-state index < -0.39 is 0 Å². The number of thioether (sulfide) groups is 2. The zero-order chi connectivity index (χ0) is 12.4. The molecule has 0 amide bonds. The quantitative estimate of drug-likeness (QED) is 0.890. The Labute approximate surface area is 124 Å². The van der Waals surface area contributed by atoms with Gasteiger partial charge < -0.3 is 5.73 Å². The highest BCUT2D eigenvalue weighted by molar-refractivity contribution is 9.10. The van der Waals surface area contributed by atoms with Gasteiger partial charge in [0.25, 0.3) is 0 Å². The van der Waals surface area contributed by atoms with E-state index in [0.717, 1.165) is 16.9 Å². The van der Waals surface area contributed by atoms with Crippen LogP contribution in [0.3, 0.4) is 0 Å². The number of hydrogen-bond donors (Lipinski definition) is 1. The molecule has 1 aromatic rings. The molecule has 1 aliphatic heterocycles. The van der Waals surface area contributed by atoms with Gasteiger partial charge in [-0.1, -0.05) is 13.8 Å². The largest absolute Gasteiger partial charge is 0.326 e. The minimum Gasteiger partial charge on any atom is -0.326 e. The van der Waals surface area contributed by atoms with Crippen molar-refractivity contribution in [2.75, 3.05) is 5.75 Å². The second kappa shape index (κ2) is 6.33. The zero-order valence-electron chi connectivity index (χ0n) is 10.1. The predicted molar refractivity (Wildman–Crippen MR) is 86.5 cm³/mol. The predicted octanol–water partition coefficient (Wildman–Crippen LogP) is 4.01. The number of rotatable bonds is 3. The smallest absolute Gasteiger partial charge is 0.0314 e. The van der Waals surface area contributed by atoms with Gasteiger partial charge in [-0.3, -0.25) is 0 Å². The molecule has 1 aliphatic rings. The summed E-state index contributed by atoms with van der Waals surface area (Å²) in [5, 5.41) is 4.20. The van der Waals surface area contributed by atoms with Gasteiger partial charge >= 0.3 is 0 Å². The maximum atomic E-state index is 6.37. The summed E-state index contributed by atoms with van der Waals surface area (Å²) in [6.45, 7) is 4.64. The van der Waals surface area contributed by atoms with Crippen molar-refractivity contribution < 1.29 is 0 Å². The summed E-state index contributed by atoms with van der Waals surface area (Å²) in [6, 6.07) is 2.39. The molecule has 17 heavy (non-hydrogen) atoms. The first-order valence-corrected chi connectivity index (χ1v) is 9.49. The van der Waals surface area contributed by atoms with Gasteiger partial charge in [0, 0.05) is 36.9 Å². The van der Waals surface area contributed by atoms with Gasteiger partial charge in [0.05, 0.1) is 0 Å². The fourth-order valence-electron chi connectivity index (χ4n) is 1.85. The third-order valence-electron chi connectivity index (χ3n) is 3.16. The van der Waals surface area contributed by atoms with Crippen LogP contribution in [0, 0.1) is 0 Å². The van der Waals surface area contributed by atoms with Crippen LogP contribution in [0.1, 0.15) is 18.7 Å². The molecule has 96 valence electrons. The molecule has 0 saturated carbocycles. The van der Waals surface area contributed by atoms with Crippen LogP contribution in [0.4, 0.5) is 0 Å². The molecule has 1 nitrogen and oxygen atoms in total. The van der Waals surface area contributed by atoms with Crippen LogP contribution in [-0.2, 0) is 6.42 Å². The molecule has 0 aromatic carbocycles. The molecule has 0 radical (unpaired) electrons. The minimum absolute atomic E-state index is 0.275. The van der Waals surface area contributed by atoms with Crippen LogP contribution in [0.25, 0.3) is 0 Å². The highest BCUT2D eigenvalue weighted by Gasteiger charge is 2.29. The van der Waals surface area contributed by atoms with Crippen molar-refractivity contribution in [3.8, 4) is 0 Å². The lowest BCUT2D eigenvalue weighted by atomic mass is 10.1. The Bertz CT molecular complexity index is 368. The summed E-state index contributed by atoms with van der Waals surface area (Å²) in [5.41, 5.74) is 6.37. The molecule has 2 N–H and O–H groups in total. The highest BCUT2D eigenvalue weighted by atomic mass is 79.9. The Morgan fingerprint density at radius 1 is 1.47 bits per heavy atom. The number of thiophene rings is 1. The monoisotopic (exact) mass is 351 g/mol. The molecule has 5 heteroatoms. The molecule has 0 bridgehead atoms. The van der Waals surface area contributed by atoms with E-state index in [9.17, 15) is 0 Å². The van der Waals surface area contributed by atoms with Crippen LogP contribution in [0.15, 0.2) is 15.9 Å². The van der Waals surface area contributed by atoms with Crippen LogP contribution in [-0.4, -0.2) is 27.5 Å². The number of halogens is 1. The van der Waals surface area contributed by atoms with E-state index >= 15 is 0 Å². The molecule has 4 unspecified atom stereocenters. The Hall–Kier alpha value is 0.840. The van der Waals surface area contributed by atoms with E-state index in [1.807, 2.05) is 0 Å². The van der Waals surface area contributed by atoms with Crippen molar-refractivity contribution in [2.45, 2.75) is 42.1 Å². The fraction of sp³-hybridized carbons (Fsp3) is 0.667. The third kappa shape index (κ3) is 3.66. The normalized spacial score (nSPS) is 31.4. The summed E-state index contributed by atoms with van der Waals surface area (Å²) >= 11 is 9.53. The Kier molecular flexibility index (Phi) is 5.31. The fourth-order valence-corrected chi connectivity index (χ4v) is 6.50. The maximum absolute atomic E-state index is 6.37. The average Bonchev–Trinajstić information content (AvgIpc) is 2.68. The topological polar surface area (TPSA) is 26.0 Å². The van der Waals surface area contributed by atoms with Gasteiger partial charge in [-0.15, -0.1) is 11.3 Å². The SMILES string of the molecule is CC1SCC(C(N)Cc2sccc2Br)SC1C. The third-order valence-corrected chi connectivity index (χ3v) is 8.68. The minimum atomic E-state index is 0.275. The lowest BCUT2D eigenvalue weighted by molar-refractivity contribution is 0.661. The summed E-state index contributed by atoms with van der Waals surface area (Å²) in [5.74, 6) is 1.19. The van der Waals surface area contributed by atoms with Crippen molar-refractivity contribution in [2.24, 2.45) is 5.73 Å². The first-order chi connectivity index (χ1) is 8.08.